The second kappa shape index (κ2) is 17.3. The summed E-state index contributed by atoms with van der Waals surface area (Å²) in [6.45, 7) is 5.97. The number of unbranched alkanes of at least 4 members (excludes halogenated alkanes) is 2. The average molecular weight is 636 g/mol. The van der Waals surface area contributed by atoms with Gasteiger partial charge in [-0.2, -0.15) is 0 Å². The Balaban J connectivity index is 1.39. The number of hydrogen-bond acceptors (Lipinski definition) is 7. The number of carbonyl (C=O) groups excluding carboxylic acids is 3. The van der Waals surface area contributed by atoms with Crippen molar-refractivity contribution in [1.29, 1.82) is 0 Å². The lowest BCUT2D eigenvalue weighted by molar-refractivity contribution is -0.116. The van der Waals surface area contributed by atoms with Crippen molar-refractivity contribution in [3.8, 4) is 5.75 Å². The quantitative estimate of drug-likeness (QED) is 0.158. The van der Waals surface area contributed by atoms with Gasteiger partial charge in [0.2, 0.25) is 11.8 Å². The van der Waals surface area contributed by atoms with Crippen molar-refractivity contribution in [2.45, 2.75) is 90.2 Å². The molecule has 3 atom stereocenters. The van der Waals surface area contributed by atoms with Crippen molar-refractivity contribution >= 4 is 34.8 Å². The molecule has 46 heavy (non-hydrogen) atoms. The fourth-order valence-corrected chi connectivity index (χ4v) is 6.54. The van der Waals surface area contributed by atoms with Crippen molar-refractivity contribution in [3.05, 3.63) is 48.0 Å². The smallest absolute Gasteiger partial charge is 0.258 e. The number of anilines is 3. The van der Waals surface area contributed by atoms with Crippen LogP contribution in [0.1, 0.15) is 88.4 Å². The molecule has 1 aliphatic heterocycles. The first-order valence-corrected chi connectivity index (χ1v) is 17.0. The van der Waals surface area contributed by atoms with E-state index in [1.165, 1.54) is 32.1 Å². The van der Waals surface area contributed by atoms with E-state index in [0.29, 0.717) is 73.1 Å². The number of rotatable bonds is 14. The van der Waals surface area contributed by atoms with Crippen LogP contribution in [0.3, 0.4) is 0 Å². The highest BCUT2D eigenvalue weighted by molar-refractivity contribution is 6.01. The molecule has 10 heteroatoms. The molecular weight excluding hydrogens is 582 g/mol. The molecule has 0 bridgehead atoms. The van der Waals surface area contributed by atoms with Crippen molar-refractivity contribution in [2.24, 2.45) is 11.8 Å². The van der Waals surface area contributed by atoms with Crippen molar-refractivity contribution < 1.29 is 24.2 Å². The number of nitrogens with one attached hydrogen (secondary N) is 2. The number of ether oxygens (including phenoxy) is 1. The van der Waals surface area contributed by atoms with Gasteiger partial charge in [-0.15, -0.1) is 0 Å². The topological polar surface area (TPSA) is 137 Å². The first-order valence-electron chi connectivity index (χ1n) is 17.0. The minimum Gasteiger partial charge on any atom is -0.486 e. The third kappa shape index (κ3) is 9.93. The molecule has 1 heterocycles. The highest BCUT2D eigenvalue weighted by Gasteiger charge is 2.35. The van der Waals surface area contributed by atoms with Gasteiger partial charge in [0.25, 0.3) is 5.91 Å². The number of nitrogen functional groups attached to an aromatic ring is 1. The van der Waals surface area contributed by atoms with Gasteiger partial charge >= 0.3 is 0 Å². The summed E-state index contributed by atoms with van der Waals surface area (Å²) in [5.41, 5.74) is 7.89. The summed E-state index contributed by atoms with van der Waals surface area (Å²) < 4.78 is 6.68. The van der Waals surface area contributed by atoms with Crippen LogP contribution < -0.4 is 21.1 Å². The Labute approximate surface area is 274 Å². The van der Waals surface area contributed by atoms with Crippen LogP contribution in [-0.2, 0) is 9.59 Å². The molecule has 3 amide bonds. The number of para-hydroxylation sites is 3. The average Bonchev–Trinajstić information content (AvgIpc) is 3.04. The van der Waals surface area contributed by atoms with Crippen LogP contribution in [-0.4, -0.2) is 78.1 Å². The van der Waals surface area contributed by atoms with Gasteiger partial charge in [0.1, 0.15) is 6.10 Å². The summed E-state index contributed by atoms with van der Waals surface area (Å²) in [5.74, 6) is 0.574. The Morgan fingerprint density at radius 3 is 2.30 bits per heavy atom. The maximum Gasteiger partial charge on any atom is 0.258 e. The molecule has 10 nitrogen and oxygen atoms in total. The minimum absolute atomic E-state index is 0.000745. The zero-order valence-electron chi connectivity index (χ0n) is 27.8. The van der Waals surface area contributed by atoms with Crippen LogP contribution in [0.15, 0.2) is 42.5 Å². The molecular formula is C36H53N5O5. The van der Waals surface area contributed by atoms with E-state index in [-0.39, 0.29) is 48.8 Å². The molecule has 2 aliphatic rings. The van der Waals surface area contributed by atoms with Gasteiger partial charge in [0.15, 0.2) is 5.75 Å². The van der Waals surface area contributed by atoms with E-state index in [1.807, 2.05) is 19.1 Å². The number of aliphatic hydroxyl groups excluding tert-OH is 1. The molecule has 5 N–H and O–H groups in total. The van der Waals surface area contributed by atoms with E-state index in [1.54, 1.807) is 35.2 Å². The van der Waals surface area contributed by atoms with Crippen LogP contribution in [0, 0.1) is 11.8 Å². The molecule has 4 rings (SSSR count). The standard InChI is InChI=1S/C36H53N5O5/c1-25-21-41(26(2)24-42)36(45)28-15-12-18-31(35(28)46-32(25)23-40(3)22-27-13-6-4-7-14-27)39-34(44)20-9-5-8-19-33(43)38-30-17-11-10-16-29(30)37/h10-12,15-18,25-27,32,42H,4-9,13-14,19-24,37H2,1-3H3,(H,38,43)(H,39,44)/t25-,26+,32-/m0/s1. The van der Waals surface area contributed by atoms with Gasteiger partial charge in [-0.3, -0.25) is 14.4 Å². The molecule has 0 spiro atoms. The van der Waals surface area contributed by atoms with E-state index in [2.05, 4.69) is 29.5 Å². The predicted octanol–water partition coefficient (Wildman–Crippen LogP) is 5.53. The summed E-state index contributed by atoms with van der Waals surface area (Å²) in [5, 5.41) is 15.8. The molecule has 2 aromatic rings. The number of fused-ring (bicyclic) bond motifs is 1. The molecule has 0 radical (unpaired) electrons. The molecule has 0 saturated heterocycles. The van der Waals surface area contributed by atoms with E-state index in [0.717, 1.165) is 6.54 Å². The van der Waals surface area contributed by atoms with E-state index in [4.69, 9.17) is 10.5 Å². The maximum absolute atomic E-state index is 13.8. The Morgan fingerprint density at radius 2 is 1.63 bits per heavy atom. The number of benzene rings is 2. The highest BCUT2D eigenvalue weighted by Crippen LogP contribution is 2.35. The number of aliphatic hydroxyl groups is 1. The number of hydrogen-bond donors (Lipinski definition) is 4. The molecule has 0 unspecified atom stereocenters. The summed E-state index contributed by atoms with van der Waals surface area (Å²) in [6.07, 6.45) is 8.82. The lowest BCUT2D eigenvalue weighted by atomic mass is 9.89. The maximum atomic E-state index is 13.8. The number of nitrogens with two attached hydrogens (primary N) is 1. The van der Waals surface area contributed by atoms with E-state index in [9.17, 15) is 19.5 Å². The van der Waals surface area contributed by atoms with Gasteiger partial charge in [-0.05, 0) is 69.8 Å². The van der Waals surface area contributed by atoms with Gasteiger partial charge < -0.3 is 36.0 Å². The number of carbonyl (C=O) groups is 3. The van der Waals surface area contributed by atoms with Gasteiger partial charge in [-0.1, -0.05) is 50.8 Å². The molecule has 0 aromatic heterocycles. The Hall–Kier alpha value is -3.63. The van der Waals surface area contributed by atoms with Crippen LogP contribution >= 0.6 is 0 Å². The van der Waals surface area contributed by atoms with Crippen LogP contribution in [0.5, 0.6) is 5.75 Å². The number of amides is 3. The van der Waals surface area contributed by atoms with Crippen molar-refractivity contribution in [3.63, 3.8) is 0 Å². The van der Waals surface area contributed by atoms with E-state index >= 15 is 0 Å². The predicted molar refractivity (Wildman–Crippen MR) is 183 cm³/mol. The first-order chi connectivity index (χ1) is 22.2. The number of nitrogens with zero attached hydrogens (tertiary/aromatic N) is 2. The fourth-order valence-electron chi connectivity index (χ4n) is 6.54. The molecule has 1 aliphatic carbocycles. The Kier molecular flexibility index (Phi) is 13.3. The summed E-state index contributed by atoms with van der Waals surface area (Å²) in [7, 11) is 2.14. The third-order valence-electron chi connectivity index (χ3n) is 9.29. The van der Waals surface area contributed by atoms with Crippen LogP contribution in [0.4, 0.5) is 17.1 Å². The fraction of sp³-hybridized carbons (Fsp3) is 0.583. The highest BCUT2D eigenvalue weighted by atomic mass is 16.5. The van der Waals surface area contributed by atoms with Crippen LogP contribution in [0.25, 0.3) is 0 Å². The summed E-state index contributed by atoms with van der Waals surface area (Å²) in [4.78, 5) is 43.2. The second-order valence-corrected chi connectivity index (χ2v) is 13.3. The van der Waals surface area contributed by atoms with E-state index < -0.39 is 0 Å². The zero-order chi connectivity index (χ0) is 33.1. The Morgan fingerprint density at radius 1 is 0.978 bits per heavy atom. The largest absolute Gasteiger partial charge is 0.486 e. The van der Waals surface area contributed by atoms with Gasteiger partial charge in [-0.25, -0.2) is 0 Å². The number of likely N-dealkylation sites (N-methyl/N-ethyl adjacent to an activating group) is 1. The Bertz CT molecular complexity index is 1310. The molecule has 1 saturated carbocycles. The van der Waals surface area contributed by atoms with Gasteiger partial charge in [0.05, 0.1) is 35.3 Å². The lowest BCUT2D eigenvalue weighted by Crippen LogP contribution is -2.50. The second-order valence-electron chi connectivity index (χ2n) is 13.3. The molecule has 252 valence electrons. The lowest BCUT2D eigenvalue weighted by Gasteiger charge is -2.39. The zero-order valence-corrected chi connectivity index (χ0v) is 27.8. The summed E-state index contributed by atoms with van der Waals surface area (Å²) >= 11 is 0. The normalized spacial score (nSPS) is 19.5. The van der Waals surface area contributed by atoms with Crippen molar-refractivity contribution in [1.82, 2.24) is 9.80 Å². The van der Waals surface area contributed by atoms with Crippen LogP contribution in [0.2, 0.25) is 0 Å². The van der Waals surface area contributed by atoms with Crippen molar-refractivity contribution in [2.75, 3.05) is 49.7 Å². The summed E-state index contributed by atoms with van der Waals surface area (Å²) in [6, 6.07) is 12.1. The monoisotopic (exact) mass is 635 g/mol. The van der Waals surface area contributed by atoms with Gasteiger partial charge in [0, 0.05) is 38.4 Å². The molecule has 1 fully saturated rings. The third-order valence-corrected chi connectivity index (χ3v) is 9.29. The first kappa shape index (κ1) is 35.2. The minimum atomic E-state index is -0.355. The molecule has 2 aromatic carbocycles. The SMILES string of the molecule is C[C@H](CO)N1C[C@H](C)[C@H](CN(C)CC2CCCCC2)Oc2c(NC(=O)CCCCCC(=O)Nc3ccccc3N)cccc2C1=O.